The molecule has 2 heterocycles. The van der Waals surface area contributed by atoms with E-state index >= 15 is 0 Å². The Balaban J connectivity index is 1.52. The van der Waals surface area contributed by atoms with E-state index in [-0.39, 0.29) is 5.57 Å². The average Bonchev–Trinajstić information content (AvgIpc) is 3.25. The zero-order valence-corrected chi connectivity index (χ0v) is 18.7. The molecule has 1 aliphatic heterocycles. The number of carbonyl (C=O) groups excluding carboxylic acids is 3. The van der Waals surface area contributed by atoms with E-state index in [9.17, 15) is 14.4 Å². The van der Waals surface area contributed by atoms with Gasteiger partial charge in [0.2, 0.25) is 0 Å². The summed E-state index contributed by atoms with van der Waals surface area (Å²) in [7, 11) is 0. The van der Waals surface area contributed by atoms with Gasteiger partial charge in [-0.1, -0.05) is 30.7 Å². The highest BCUT2D eigenvalue weighted by Gasteiger charge is 2.36. The smallest absolute Gasteiger partial charge is 0.335 e. The monoisotopic (exact) mass is 463 g/mol. The van der Waals surface area contributed by atoms with Crippen LogP contribution in [-0.2, 0) is 22.6 Å². The number of ether oxygens (including phenoxy) is 1. The summed E-state index contributed by atoms with van der Waals surface area (Å²) in [5, 5.41) is 2.88. The van der Waals surface area contributed by atoms with Crippen LogP contribution in [0.15, 0.2) is 72.4 Å². The lowest BCUT2D eigenvalue weighted by atomic mass is 10.1. The van der Waals surface area contributed by atoms with E-state index in [1.54, 1.807) is 42.5 Å². The first-order valence-corrected chi connectivity index (χ1v) is 10.9. The highest BCUT2D eigenvalue weighted by atomic mass is 35.5. The molecular formula is C25H22ClN3O4. The maximum absolute atomic E-state index is 13.1. The third-order valence-electron chi connectivity index (χ3n) is 5.28. The van der Waals surface area contributed by atoms with Crippen molar-refractivity contribution in [1.82, 2.24) is 9.88 Å². The molecule has 0 unspecified atom stereocenters. The summed E-state index contributed by atoms with van der Waals surface area (Å²) in [6.07, 6.45) is 4.15. The largest absolute Gasteiger partial charge is 0.492 e. The molecule has 3 aromatic rings. The Morgan fingerprint density at radius 3 is 2.42 bits per heavy atom. The molecule has 4 rings (SSSR count). The molecule has 1 saturated heterocycles. The minimum atomic E-state index is -0.766. The molecule has 0 radical (unpaired) electrons. The highest BCUT2D eigenvalue weighted by molar-refractivity contribution is 6.39. The Morgan fingerprint density at radius 1 is 1.00 bits per heavy atom. The summed E-state index contributed by atoms with van der Waals surface area (Å²) in [4.78, 5) is 38.9. The lowest BCUT2D eigenvalue weighted by Gasteiger charge is -2.26. The van der Waals surface area contributed by atoms with Gasteiger partial charge < -0.3 is 9.30 Å². The Hall–Kier alpha value is -3.84. The van der Waals surface area contributed by atoms with Crippen LogP contribution in [0.3, 0.4) is 0 Å². The molecule has 0 atom stereocenters. The lowest BCUT2D eigenvalue weighted by molar-refractivity contribution is -0.122. The van der Waals surface area contributed by atoms with Crippen LogP contribution in [0.1, 0.15) is 18.2 Å². The first kappa shape index (κ1) is 22.4. The number of anilines is 1. The first-order chi connectivity index (χ1) is 16.0. The molecule has 4 amide bonds. The summed E-state index contributed by atoms with van der Waals surface area (Å²) in [6.45, 7) is 2.88. The van der Waals surface area contributed by atoms with Gasteiger partial charge in [-0.2, -0.15) is 0 Å². The van der Waals surface area contributed by atoms with Crippen molar-refractivity contribution >= 4 is 41.2 Å². The van der Waals surface area contributed by atoms with Crippen molar-refractivity contribution in [3.63, 3.8) is 0 Å². The second-order valence-electron chi connectivity index (χ2n) is 7.41. The normalized spacial score (nSPS) is 15.2. The van der Waals surface area contributed by atoms with Crippen molar-refractivity contribution in [1.29, 1.82) is 0 Å². The zero-order chi connectivity index (χ0) is 23.4. The predicted molar refractivity (Wildman–Crippen MR) is 126 cm³/mol. The van der Waals surface area contributed by atoms with E-state index in [1.807, 2.05) is 35.9 Å². The fourth-order valence-corrected chi connectivity index (χ4v) is 3.60. The number of carbonyl (C=O) groups is 3. The molecular weight excluding hydrogens is 442 g/mol. The second kappa shape index (κ2) is 9.75. The van der Waals surface area contributed by atoms with E-state index in [1.165, 1.54) is 6.08 Å². The van der Waals surface area contributed by atoms with Gasteiger partial charge >= 0.3 is 6.03 Å². The molecule has 7 nitrogen and oxygen atoms in total. The van der Waals surface area contributed by atoms with Crippen LogP contribution in [0.5, 0.6) is 5.75 Å². The summed E-state index contributed by atoms with van der Waals surface area (Å²) >= 11 is 5.89. The van der Waals surface area contributed by atoms with Crippen LogP contribution in [-0.4, -0.2) is 29.0 Å². The van der Waals surface area contributed by atoms with E-state index in [0.717, 1.165) is 16.9 Å². The molecule has 0 saturated carbocycles. The van der Waals surface area contributed by atoms with Gasteiger partial charge in [0.15, 0.2) is 0 Å². The third-order valence-corrected chi connectivity index (χ3v) is 5.53. The van der Waals surface area contributed by atoms with E-state index in [4.69, 9.17) is 16.3 Å². The number of imide groups is 2. The van der Waals surface area contributed by atoms with Gasteiger partial charge in [0.05, 0.1) is 12.2 Å². The number of aryl methyl sites for hydroxylation is 1. The van der Waals surface area contributed by atoms with E-state index < -0.39 is 17.8 Å². The van der Waals surface area contributed by atoms with Crippen molar-refractivity contribution in [3.8, 4) is 5.75 Å². The van der Waals surface area contributed by atoms with Crippen LogP contribution in [0.2, 0.25) is 5.02 Å². The number of hydrogen-bond donors (Lipinski definition) is 1. The maximum atomic E-state index is 13.1. The zero-order valence-electron chi connectivity index (χ0n) is 18.0. The molecule has 33 heavy (non-hydrogen) atoms. The minimum Gasteiger partial charge on any atom is -0.492 e. The highest BCUT2D eigenvalue weighted by Crippen LogP contribution is 2.23. The molecule has 2 aromatic carbocycles. The summed E-state index contributed by atoms with van der Waals surface area (Å²) in [5.74, 6) is -0.703. The molecule has 168 valence electrons. The number of halogens is 1. The molecule has 0 bridgehead atoms. The first-order valence-electron chi connectivity index (χ1n) is 10.5. The number of barbiturate groups is 1. The molecule has 1 aromatic heterocycles. The number of urea groups is 1. The molecule has 1 fully saturated rings. The summed E-state index contributed by atoms with van der Waals surface area (Å²) in [6, 6.07) is 17.0. The second-order valence-corrected chi connectivity index (χ2v) is 7.84. The molecule has 0 spiro atoms. The lowest BCUT2D eigenvalue weighted by Crippen LogP contribution is -2.54. The van der Waals surface area contributed by atoms with Crippen molar-refractivity contribution < 1.29 is 19.1 Å². The van der Waals surface area contributed by atoms with Gasteiger partial charge in [0.25, 0.3) is 11.8 Å². The number of benzene rings is 2. The Kier molecular flexibility index (Phi) is 6.60. The number of amides is 4. The fourth-order valence-electron chi connectivity index (χ4n) is 3.48. The Morgan fingerprint density at radius 2 is 1.73 bits per heavy atom. The van der Waals surface area contributed by atoms with Gasteiger partial charge in [-0.05, 0) is 66.6 Å². The maximum Gasteiger partial charge on any atom is 0.335 e. The van der Waals surface area contributed by atoms with Gasteiger partial charge in [0, 0.05) is 16.9 Å². The number of nitrogens with zero attached hydrogens (tertiary/aromatic N) is 2. The molecule has 0 aliphatic carbocycles. The van der Waals surface area contributed by atoms with Crippen molar-refractivity contribution in [2.75, 3.05) is 11.5 Å². The Bertz CT molecular complexity index is 1210. The SMILES string of the molecule is CCc1ccc(N2C(=O)NC(=O)/C(=C\c3cccn3CCOc3ccc(Cl)cc3)C2=O)cc1. The van der Waals surface area contributed by atoms with Gasteiger partial charge in [-0.15, -0.1) is 0 Å². The molecule has 1 aliphatic rings. The van der Waals surface area contributed by atoms with Crippen molar-refractivity contribution in [2.24, 2.45) is 0 Å². The van der Waals surface area contributed by atoms with Gasteiger partial charge in [-0.25, -0.2) is 9.69 Å². The number of aromatic nitrogens is 1. The number of rotatable bonds is 7. The summed E-state index contributed by atoms with van der Waals surface area (Å²) < 4.78 is 7.59. The fraction of sp³-hybridized carbons (Fsp3) is 0.160. The van der Waals surface area contributed by atoms with Crippen LogP contribution in [0.4, 0.5) is 10.5 Å². The molecule has 1 N–H and O–H groups in total. The van der Waals surface area contributed by atoms with Crippen LogP contribution in [0.25, 0.3) is 6.08 Å². The van der Waals surface area contributed by atoms with Crippen LogP contribution >= 0.6 is 11.6 Å². The standard InChI is InChI=1S/C25H22ClN3O4/c1-2-17-5-9-19(10-6-17)29-24(31)22(23(30)27-25(29)32)16-20-4-3-13-28(20)14-15-33-21-11-7-18(26)8-12-21/h3-13,16H,2,14-15H2,1H3,(H,27,30,32)/b22-16+. The van der Waals surface area contributed by atoms with Gasteiger partial charge in [-0.3, -0.25) is 14.9 Å². The van der Waals surface area contributed by atoms with Crippen molar-refractivity contribution in [2.45, 2.75) is 19.9 Å². The average molecular weight is 464 g/mol. The summed E-state index contributed by atoms with van der Waals surface area (Å²) in [5.41, 5.74) is 2.01. The Labute approximate surface area is 196 Å². The van der Waals surface area contributed by atoms with Crippen LogP contribution in [0, 0.1) is 0 Å². The topological polar surface area (TPSA) is 80.6 Å². The molecule has 8 heteroatoms. The number of nitrogens with one attached hydrogen (secondary N) is 1. The van der Waals surface area contributed by atoms with Crippen LogP contribution < -0.4 is 15.0 Å². The van der Waals surface area contributed by atoms with E-state index in [0.29, 0.717) is 35.3 Å². The minimum absolute atomic E-state index is 0.118. The van der Waals surface area contributed by atoms with E-state index in [2.05, 4.69) is 5.32 Å². The van der Waals surface area contributed by atoms with Gasteiger partial charge in [0.1, 0.15) is 17.9 Å². The van der Waals surface area contributed by atoms with Crippen molar-refractivity contribution in [3.05, 3.63) is 88.7 Å². The predicted octanol–water partition coefficient (Wildman–Crippen LogP) is 4.45. The number of hydrogen-bond acceptors (Lipinski definition) is 4. The quantitative estimate of drug-likeness (QED) is 0.414. The third kappa shape index (κ3) is 4.99.